The number of aliphatic hydroxyl groups excluding tert-OH is 2. The van der Waals surface area contributed by atoms with Gasteiger partial charge in [0.25, 0.3) is 0 Å². The summed E-state index contributed by atoms with van der Waals surface area (Å²) >= 11 is 0. The van der Waals surface area contributed by atoms with Crippen molar-refractivity contribution in [2.24, 2.45) is 0 Å². The molecule has 310 valence electrons. The minimum Gasteiger partial charge on any atom is -0.406 e. The molecule has 0 spiro atoms. The molecule has 2 N–H and O–H groups in total. The molecule has 0 saturated heterocycles. The molecule has 8 aromatic rings. The van der Waals surface area contributed by atoms with E-state index in [0.29, 0.717) is 50.6 Å². The van der Waals surface area contributed by atoms with Crippen molar-refractivity contribution in [3.63, 3.8) is 0 Å². The molecule has 0 amide bonds. The zero-order valence-corrected chi connectivity index (χ0v) is 32.2. The van der Waals surface area contributed by atoms with Gasteiger partial charge in [-0.3, -0.25) is 9.97 Å². The lowest BCUT2D eigenvalue weighted by atomic mass is 9.94. The number of hydrogen-bond donors (Lipinski definition) is 2. The van der Waals surface area contributed by atoms with Crippen LogP contribution in [0.3, 0.4) is 0 Å². The number of ether oxygens (including phenoxy) is 1. The van der Waals surface area contributed by atoms with Crippen LogP contribution in [-0.4, -0.2) is 36.9 Å². The number of benzene rings is 4. The number of pyridine rings is 2. The second-order valence-electron chi connectivity index (χ2n) is 13.8. The molecule has 0 aliphatic heterocycles. The van der Waals surface area contributed by atoms with Gasteiger partial charge in [0.05, 0.1) is 16.7 Å². The van der Waals surface area contributed by atoms with E-state index in [9.17, 15) is 36.6 Å². The van der Waals surface area contributed by atoms with E-state index in [1.165, 1.54) is 48.8 Å². The maximum Gasteiger partial charge on any atom is 0.573 e. The van der Waals surface area contributed by atoms with Crippen LogP contribution in [0.5, 0.6) is 5.75 Å². The van der Waals surface area contributed by atoms with Gasteiger partial charge in [0.1, 0.15) is 29.3 Å². The highest BCUT2D eigenvalue weighted by Crippen LogP contribution is 2.42. The van der Waals surface area contributed by atoms with Crippen LogP contribution in [0, 0.1) is 13.8 Å². The van der Waals surface area contributed by atoms with Crippen molar-refractivity contribution in [2.45, 2.75) is 38.6 Å². The molecule has 15 heteroatoms. The lowest BCUT2D eigenvalue weighted by Crippen LogP contribution is -2.16. The molecule has 0 aliphatic carbocycles. The Morgan fingerprint density at radius 1 is 0.541 bits per heavy atom. The van der Waals surface area contributed by atoms with Gasteiger partial charge in [-0.25, -0.2) is 0 Å². The second-order valence-corrected chi connectivity index (χ2v) is 13.8. The molecule has 0 saturated carbocycles. The molecule has 4 aromatic carbocycles. The van der Waals surface area contributed by atoms with Gasteiger partial charge in [0.15, 0.2) is 11.5 Å². The summed E-state index contributed by atoms with van der Waals surface area (Å²) in [5.41, 5.74) is 5.44. The molecule has 0 fully saturated rings. The van der Waals surface area contributed by atoms with Crippen LogP contribution in [0.2, 0.25) is 0 Å². The lowest BCUT2D eigenvalue weighted by Gasteiger charge is -2.13. The number of hydrogen-bond acceptors (Lipinski definition) is 9. The number of aliphatic hydroxyl groups is 2. The zero-order valence-electron chi connectivity index (χ0n) is 32.2. The first-order valence-corrected chi connectivity index (χ1v) is 18.5. The quantitative estimate of drug-likeness (QED) is 0.137. The van der Waals surface area contributed by atoms with Crippen molar-refractivity contribution in [1.82, 2.24) is 20.3 Å². The monoisotopic (exact) mass is 836 g/mol. The van der Waals surface area contributed by atoms with Gasteiger partial charge in [0.2, 0.25) is 0 Å². The van der Waals surface area contributed by atoms with Gasteiger partial charge in [-0.1, -0.05) is 94.2 Å². The fourth-order valence-electron chi connectivity index (χ4n) is 6.41. The minimum atomic E-state index is -4.78. The first-order chi connectivity index (χ1) is 29.2. The number of aryl methyl sites for hydroxylation is 2. The van der Waals surface area contributed by atoms with Crippen molar-refractivity contribution in [1.29, 1.82) is 0 Å². The molecular weight excluding hydrogens is 803 g/mol. The zero-order chi connectivity index (χ0) is 43.3. The summed E-state index contributed by atoms with van der Waals surface area (Å²) in [6, 6.07) is 31.7. The van der Waals surface area contributed by atoms with E-state index in [4.69, 9.17) is 9.05 Å². The molecule has 0 radical (unpaired) electrons. The predicted molar refractivity (Wildman–Crippen MR) is 213 cm³/mol. The van der Waals surface area contributed by atoms with Crippen LogP contribution in [0.1, 0.15) is 51.2 Å². The molecule has 4 heterocycles. The number of alkyl halides is 6. The first kappa shape index (κ1) is 42.0. The van der Waals surface area contributed by atoms with E-state index < -0.39 is 30.3 Å². The summed E-state index contributed by atoms with van der Waals surface area (Å²) in [6.07, 6.45) is -5.41. The molecular formula is C46H34F6N4O5. The molecule has 9 nitrogen and oxygen atoms in total. The molecule has 61 heavy (non-hydrogen) atoms. The second kappa shape index (κ2) is 17.6. The van der Waals surface area contributed by atoms with Crippen LogP contribution in [-0.2, 0) is 6.18 Å². The largest absolute Gasteiger partial charge is 0.573 e. The molecule has 4 aromatic heterocycles. The maximum atomic E-state index is 13.2. The van der Waals surface area contributed by atoms with Gasteiger partial charge < -0.3 is 24.0 Å². The summed E-state index contributed by atoms with van der Waals surface area (Å²) in [5.74, 6) is 0.300. The third-order valence-electron chi connectivity index (χ3n) is 9.46. The topological polar surface area (TPSA) is 128 Å². The summed E-state index contributed by atoms with van der Waals surface area (Å²) in [4.78, 5) is 8.06. The van der Waals surface area contributed by atoms with Gasteiger partial charge in [-0.15, -0.1) is 13.2 Å². The Morgan fingerprint density at radius 3 is 1.43 bits per heavy atom. The summed E-state index contributed by atoms with van der Waals surface area (Å²) in [6.45, 7) is 3.88. The summed E-state index contributed by atoms with van der Waals surface area (Å²) in [5, 5.41) is 30.3. The average molecular weight is 837 g/mol. The van der Waals surface area contributed by atoms with Crippen LogP contribution in [0.15, 0.2) is 155 Å². The normalized spacial score (nSPS) is 12.6. The highest BCUT2D eigenvalue weighted by Gasteiger charge is 2.33. The molecule has 2 atom stereocenters. The Balaban J connectivity index is 0.000000184. The predicted octanol–water partition coefficient (Wildman–Crippen LogP) is 11.5. The van der Waals surface area contributed by atoms with Crippen molar-refractivity contribution in [2.75, 3.05) is 0 Å². The Kier molecular flexibility index (Phi) is 12.2. The number of rotatable bonds is 9. The maximum absolute atomic E-state index is 13.2. The van der Waals surface area contributed by atoms with Gasteiger partial charge in [-0.05, 0) is 62.4 Å². The van der Waals surface area contributed by atoms with Gasteiger partial charge in [-0.2, -0.15) is 13.2 Å². The van der Waals surface area contributed by atoms with E-state index in [1.54, 1.807) is 36.7 Å². The van der Waals surface area contributed by atoms with Gasteiger partial charge >= 0.3 is 12.5 Å². The van der Waals surface area contributed by atoms with Crippen molar-refractivity contribution in [3.05, 3.63) is 185 Å². The highest BCUT2D eigenvalue weighted by atomic mass is 19.4. The van der Waals surface area contributed by atoms with E-state index in [1.807, 2.05) is 62.4 Å². The number of aromatic nitrogens is 4. The Hall–Kier alpha value is -7.10. The molecule has 0 bridgehead atoms. The fraction of sp³-hybridized carbons (Fsp3) is 0.130. The van der Waals surface area contributed by atoms with Crippen molar-refractivity contribution >= 4 is 0 Å². The lowest BCUT2D eigenvalue weighted by molar-refractivity contribution is -0.274. The summed E-state index contributed by atoms with van der Waals surface area (Å²) < 4.78 is 92.0. The SMILES string of the molecule is Cc1ccc(-c2onc(-c3ccc(OC(F)(F)F)cc3)c2C(O)c2cccnc2)cc1.Cc1ccc(-c2onc(-c3cccc(C(F)(F)F)c3)c2C(O)c2cccnc2)cc1. The minimum absolute atomic E-state index is 0.146. The Bertz CT molecular complexity index is 2680. The van der Waals surface area contributed by atoms with Crippen LogP contribution < -0.4 is 4.74 Å². The van der Waals surface area contributed by atoms with Crippen LogP contribution in [0.25, 0.3) is 45.2 Å². The standard InChI is InChI=1S/C23H17F3N2O3.C23H17F3N2O2/c1-14-4-6-16(7-5-14)22-19(21(29)17-3-2-12-27-13-17)20(28-31-22)15-8-10-18(11-9-15)30-23(24,25)26;1-14-7-9-15(10-8-14)22-19(21(29)17-5-3-11-27-13-17)20(28-30-22)16-4-2-6-18(12-16)23(24,25)26/h2-13,21,29H,1H3;2-13,21,29H,1H3. The smallest absolute Gasteiger partial charge is 0.406 e. The number of nitrogens with zero attached hydrogens (tertiary/aromatic N) is 4. The van der Waals surface area contributed by atoms with Crippen molar-refractivity contribution < 1.29 is 50.3 Å². The van der Waals surface area contributed by atoms with Crippen LogP contribution in [0.4, 0.5) is 26.3 Å². The third-order valence-corrected chi connectivity index (χ3v) is 9.46. The molecule has 8 rings (SSSR count). The fourth-order valence-corrected chi connectivity index (χ4v) is 6.41. The van der Waals surface area contributed by atoms with E-state index >= 15 is 0 Å². The highest BCUT2D eigenvalue weighted by molar-refractivity contribution is 5.76. The molecule has 0 aliphatic rings. The van der Waals surface area contributed by atoms with Crippen molar-refractivity contribution in [3.8, 4) is 50.9 Å². The van der Waals surface area contributed by atoms with Gasteiger partial charge in [0, 0.05) is 58.2 Å². The number of halogens is 6. The Morgan fingerprint density at radius 2 is 1.00 bits per heavy atom. The van der Waals surface area contributed by atoms with E-state index in [2.05, 4.69) is 25.0 Å². The van der Waals surface area contributed by atoms with Crippen LogP contribution >= 0.6 is 0 Å². The average Bonchev–Trinajstić information content (AvgIpc) is 3.90. The summed E-state index contributed by atoms with van der Waals surface area (Å²) in [7, 11) is 0. The third kappa shape index (κ3) is 9.86. The Labute approximate surface area is 344 Å². The first-order valence-electron chi connectivity index (χ1n) is 18.5. The molecule has 2 unspecified atom stereocenters. The van der Waals surface area contributed by atoms with E-state index in [0.717, 1.165) is 23.3 Å². The van der Waals surface area contributed by atoms with E-state index in [-0.39, 0.29) is 22.6 Å².